The molecule has 5 heteroatoms. The van der Waals surface area contributed by atoms with E-state index >= 15 is 0 Å². The van der Waals surface area contributed by atoms with Crippen LogP contribution in [0.3, 0.4) is 0 Å². The number of likely N-dealkylation sites (N-methyl/N-ethyl adjacent to an activating group) is 1. The van der Waals surface area contributed by atoms with Crippen molar-refractivity contribution >= 4 is 5.97 Å². The van der Waals surface area contributed by atoms with Crippen molar-refractivity contribution in [2.75, 3.05) is 26.7 Å². The number of nitrogens with one attached hydrogen (secondary N) is 1. The number of carboxylic acid groups (broad SMARTS) is 1. The van der Waals surface area contributed by atoms with Crippen LogP contribution >= 0.6 is 0 Å². The van der Waals surface area contributed by atoms with Gasteiger partial charge in [0.05, 0.1) is 12.7 Å². The summed E-state index contributed by atoms with van der Waals surface area (Å²) in [7, 11) is 1.96. The van der Waals surface area contributed by atoms with Gasteiger partial charge < -0.3 is 14.7 Å². The highest BCUT2D eigenvalue weighted by Crippen LogP contribution is 2.40. The molecule has 0 spiro atoms. The molecule has 0 aliphatic heterocycles. The number of rotatable bonds is 10. The summed E-state index contributed by atoms with van der Waals surface area (Å²) in [6.45, 7) is 9.92. The summed E-state index contributed by atoms with van der Waals surface area (Å²) < 4.78 is 5.54. The molecule has 1 rings (SSSR count). The van der Waals surface area contributed by atoms with Crippen molar-refractivity contribution in [1.82, 2.24) is 10.2 Å². The van der Waals surface area contributed by atoms with Crippen molar-refractivity contribution in [3.63, 3.8) is 0 Å². The first-order valence-corrected chi connectivity index (χ1v) is 7.59. The number of ether oxygens (including phenoxy) is 1. The van der Waals surface area contributed by atoms with Gasteiger partial charge in [0.1, 0.15) is 5.54 Å². The Hall–Kier alpha value is -0.650. The molecular formula is C15H30N2O3. The van der Waals surface area contributed by atoms with Crippen molar-refractivity contribution in [2.45, 2.75) is 58.2 Å². The van der Waals surface area contributed by atoms with Gasteiger partial charge in [-0.15, -0.1) is 0 Å². The Balaban J connectivity index is 2.61. The summed E-state index contributed by atoms with van der Waals surface area (Å²) in [5.41, 5.74) is -0.819. The van der Waals surface area contributed by atoms with Crippen molar-refractivity contribution < 1.29 is 14.6 Å². The van der Waals surface area contributed by atoms with Crippen molar-refractivity contribution in [3.8, 4) is 0 Å². The predicted octanol–water partition coefficient (Wildman–Crippen LogP) is 1.57. The Morgan fingerprint density at radius 2 is 2.00 bits per heavy atom. The minimum atomic E-state index is -0.819. The van der Waals surface area contributed by atoms with Crippen LogP contribution in [-0.4, -0.2) is 60.4 Å². The summed E-state index contributed by atoms with van der Waals surface area (Å²) in [5, 5.41) is 13.0. The Morgan fingerprint density at radius 3 is 2.40 bits per heavy atom. The molecule has 0 bridgehead atoms. The molecule has 0 saturated heterocycles. The van der Waals surface area contributed by atoms with E-state index in [0.29, 0.717) is 13.2 Å². The molecule has 0 aromatic rings. The molecule has 1 saturated carbocycles. The maximum Gasteiger partial charge on any atom is 0.325 e. The fourth-order valence-electron chi connectivity index (χ4n) is 2.64. The van der Waals surface area contributed by atoms with E-state index in [9.17, 15) is 9.90 Å². The zero-order chi connectivity index (χ0) is 15.3. The first kappa shape index (κ1) is 17.4. The number of nitrogens with zero attached hydrogens (tertiary/aromatic N) is 1. The molecule has 5 nitrogen and oxygen atoms in total. The predicted molar refractivity (Wildman–Crippen MR) is 79.9 cm³/mol. The van der Waals surface area contributed by atoms with Crippen LogP contribution in [0.1, 0.15) is 40.5 Å². The zero-order valence-corrected chi connectivity index (χ0v) is 13.5. The molecule has 20 heavy (non-hydrogen) atoms. The van der Waals surface area contributed by atoms with Crippen molar-refractivity contribution in [3.05, 3.63) is 0 Å². The second-order valence-corrected chi connectivity index (χ2v) is 6.51. The highest BCUT2D eigenvalue weighted by atomic mass is 16.5. The third-order valence-electron chi connectivity index (χ3n) is 3.65. The summed E-state index contributed by atoms with van der Waals surface area (Å²) in [6, 6.07) is 0.159. The van der Waals surface area contributed by atoms with Gasteiger partial charge in [-0.2, -0.15) is 0 Å². The number of carboxylic acids is 1. The number of aliphatic carboxylic acids is 1. The molecule has 1 fully saturated rings. The summed E-state index contributed by atoms with van der Waals surface area (Å²) >= 11 is 0. The normalized spacial score (nSPS) is 18.8. The fourth-order valence-corrected chi connectivity index (χ4v) is 2.64. The van der Waals surface area contributed by atoms with E-state index in [0.717, 1.165) is 19.4 Å². The molecule has 0 heterocycles. The second kappa shape index (κ2) is 7.38. The van der Waals surface area contributed by atoms with Gasteiger partial charge in [0.25, 0.3) is 0 Å². The lowest BCUT2D eigenvalue weighted by molar-refractivity contribution is -0.147. The molecular weight excluding hydrogens is 256 g/mol. The van der Waals surface area contributed by atoms with Crippen LogP contribution in [0.2, 0.25) is 0 Å². The molecule has 0 aromatic carbocycles. The Morgan fingerprint density at radius 1 is 1.40 bits per heavy atom. The molecule has 1 aliphatic carbocycles. The van der Waals surface area contributed by atoms with Crippen LogP contribution in [0.5, 0.6) is 0 Å². The number of carbonyl (C=O) groups is 1. The largest absolute Gasteiger partial charge is 0.480 e. The lowest BCUT2D eigenvalue weighted by Crippen LogP contribution is -2.62. The SMILES string of the molecule is CC(C)NC(CN(C)CCOC(C)C)(C(=O)O)C1CC1. The van der Waals surface area contributed by atoms with E-state index in [1.165, 1.54) is 0 Å². The van der Waals surface area contributed by atoms with E-state index in [2.05, 4.69) is 10.2 Å². The summed E-state index contributed by atoms with van der Waals surface area (Å²) in [5.74, 6) is -0.485. The number of hydrogen-bond donors (Lipinski definition) is 2. The summed E-state index contributed by atoms with van der Waals surface area (Å²) in [6.07, 6.45) is 2.22. The van der Waals surface area contributed by atoms with Crippen LogP contribution in [0.25, 0.3) is 0 Å². The highest BCUT2D eigenvalue weighted by Gasteiger charge is 2.51. The third-order valence-corrected chi connectivity index (χ3v) is 3.65. The maximum absolute atomic E-state index is 11.8. The Labute approximate surface area is 122 Å². The zero-order valence-electron chi connectivity index (χ0n) is 13.5. The highest BCUT2D eigenvalue weighted by molar-refractivity contribution is 5.80. The van der Waals surface area contributed by atoms with Gasteiger partial charge in [-0.1, -0.05) is 0 Å². The van der Waals surface area contributed by atoms with Gasteiger partial charge in [0, 0.05) is 19.1 Å². The van der Waals surface area contributed by atoms with E-state index in [1.54, 1.807) is 0 Å². The molecule has 2 N–H and O–H groups in total. The molecule has 118 valence electrons. The van der Waals surface area contributed by atoms with Crippen LogP contribution < -0.4 is 5.32 Å². The van der Waals surface area contributed by atoms with E-state index in [-0.39, 0.29) is 18.1 Å². The molecule has 1 atom stereocenters. The van der Waals surface area contributed by atoms with Gasteiger partial charge >= 0.3 is 5.97 Å². The van der Waals surface area contributed by atoms with Crippen molar-refractivity contribution in [2.24, 2.45) is 5.92 Å². The van der Waals surface area contributed by atoms with Gasteiger partial charge in [0.15, 0.2) is 0 Å². The molecule has 0 aromatic heterocycles. The average molecular weight is 286 g/mol. The molecule has 0 amide bonds. The lowest BCUT2D eigenvalue weighted by Gasteiger charge is -2.36. The van der Waals surface area contributed by atoms with Gasteiger partial charge in [-0.25, -0.2) is 0 Å². The van der Waals surface area contributed by atoms with Gasteiger partial charge in [-0.3, -0.25) is 10.1 Å². The smallest absolute Gasteiger partial charge is 0.325 e. The minimum absolute atomic E-state index is 0.159. The van der Waals surface area contributed by atoms with E-state index in [1.807, 2.05) is 34.7 Å². The lowest BCUT2D eigenvalue weighted by atomic mass is 9.91. The third kappa shape index (κ3) is 5.04. The average Bonchev–Trinajstić information content (AvgIpc) is 3.10. The molecule has 1 aliphatic rings. The van der Waals surface area contributed by atoms with E-state index in [4.69, 9.17) is 4.74 Å². The summed E-state index contributed by atoms with van der Waals surface area (Å²) in [4.78, 5) is 13.9. The minimum Gasteiger partial charge on any atom is -0.480 e. The maximum atomic E-state index is 11.8. The second-order valence-electron chi connectivity index (χ2n) is 6.51. The van der Waals surface area contributed by atoms with Crippen LogP contribution in [-0.2, 0) is 9.53 Å². The van der Waals surface area contributed by atoms with Gasteiger partial charge in [-0.05, 0) is 53.5 Å². The number of hydrogen-bond acceptors (Lipinski definition) is 4. The standard InChI is InChI=1S/C15H30N2O3/c1-11(2)16-15(14(18)19,13-6-7-13)10-17(5)8-9-20-12(3)4/h11-13,16H,6-10H2,1-5H3,(H,18,19). The molecule has 1 unspecified atom stereocenters. The molecule has 0 radical (unpaired) electrons. The Bertz CT molecular complexity index is 316. The van der Waals surface area contributed by atoms with Crippen LogP contribution in [0, 0.1) is 5.92 Å². The fraction of sp³-hybridized carbons (Fsp3) is 0.933. The first-order valence-electron chi connectivity index (χ1n) is 7.59. The topological polar surface area (TPSA) is 61.8 Å². The van der Waals surface area contributed by atoms with Crippen LogP contribution in [0.4, 0.5) is 0 Å². The quantitative estimate of drug-likeness (QED) is 0.638. The first-order chi connectivity index (χ1) is 9.28. The van der Waals surface area contributed by atoms with Crippen molar-refractivity contribution in [1.29, 1.82) is 0 Å². The van der Waals surface area contributed by atoms with Crippen LogP contribution in [0.15, 0.2) is 0 Å². The van der Waals surface area contributed by atoms with E-state index < -0.39 is 11.5 Å². The Kier molecular flexibility index (Phi) is 6.43. The van der Waals surface area contributed by atoms with Gasteiger partial charge in [0.2, 0.25) is 0 Å². The monoisotopic (exact) mass is 286 g/mol.